The van der Waals surface area contributed by atoms with Crippen LogP contribution in [0, 0.1) is 0 Å². The number of imidazole rings is 1. The Morgan fingerprint density at radius 1 is 0.975 bits per heavy atom. The van der Waals surface area contributed by atoms with Gasteiger partial charge in [-0.3, -0.25) is 4.57 Å². The molecule has 0 amide bonds. The van der Waals surface area contributed by atoms with Crippen LogP contribution in [-0.4, -0.2) is 64.4 Å². The average Bonchev–Trinajstić information content (AvgIpc) is 3.66. The number of benzene rings is 2. The number of amidine groups is 1. The molecule has 0 aliphatic carbocycles. The fourth-order valence-electron chi connectivity index (χ4n) is 6.21. The maximum atomic E-state index is 7.43. The number of likely N-dealkylation sites (tertiary alicyclic amines) is 1. The van der Waals surface area contributed by atoms with Crippen LogP contribution in [0.25, 0.3) is 11.2 Å². The van der Waals surface area contributed by atoms with E-state index in [9.17, 15) is 0 Å². The Hall–Kier alpha value is -3.40. The van der Waals surface area contributed by atoms with Crippen LogP contribution >= 0.6 is 0 Å². The summed E-state index contributed by atoms with van der Waals surface area (Å²) in [7, 11) is -0.642. The Kier molecular flexibility index (Phi) is 7.06. The molecule has 6 rings (SSSR count). The van der Waals surface area contributed by atoms with Crippen molar-refractivity contribution < 1.29 is 9.16 Å². The number of fused-ring (bicyclic) bond motifs is 1. The molecule has 2 aromatic carbocycles. The summed E-state index contributed by atoms with van der Waals surface area (Å²) < 4.78 is 16.0. The van der Waals surface area contributed by atoms with Gasteiger partial charge in [-0.1, -0.05) is 81.4 Å². The molecule has 8 nitrogen and oxygen atoms in total. The van der Waals surface area contributed by atoms with E-state index in [1.54, 1.807) is 6.33 Å². The van der Waals surface area contributed by atoms with Crippen LogP contribution in [0.4, 0.5) is 5.82 Å². The number of hydrogen-bond acceptors (Lipinski definition) is 6. The molecule has 208 valence electrons. The lowest BCUT2D eigenvalue weighted by Crippen LogP contribution is -2.68. The van der Waals surface area contributed by atoms with Gasteiger partial charge in [-0.25, -0.2) is 19.9 Å². The molecule has 4 aromatic rings. The zero-order valence-electron chi connectivity index (χ0n) is 24.0. The van der Waals surface area contributed by atoms with Crippen molar-refractivity contribution >= 4 is 41.5 Å². The molecule has 0 saturated carbocycles. The van der Waals surface area contributed by atoms with E-state index in [4.69, 9.17) is 14.2 Å². The summed E-state index contributed by atoms with van der Waals surface area (Å²) in [5.41, 5.74) is 1.43. The van der Waals surface area contributed by atoms with Crippen LogP contribution in [0.3, 0.4) is 0 Å². The third kappa shape index (κ3) is 4.65. The SMILES string of the molecule is C[C@H]1O[C@@H](n2cnc3c(N=C4CCCN4C)ncnc32)C[C@@H]1O[Si](c1ccccc1)(c1ccccc1)C(C)(C)C. The van der Waals surface area contributed by atoms with Gasteiger partial charge >= 0.3 is 0 Å². The molecule has 2 aliphatic rings. The molecule has 0 radical (unpaired) electrons. The Morgan fingerprint density at radius 3 is 2.25 bits per heavy atom. The van der Waals surface area contributed by atoms with Gasteiger partial charge in [0.15, 0.2) is 17.0 Å². The first-order valence-corrected chi connectivity index (χ1v) is 16.1. The molecule has 40 heavy (non-hydrogen) atoms. The summed E-state index contributed by atoms with van der Waals surface area (Å²) >= 11 is 0. The second kappa shape index (κ2) is 10.5. The third-order valence-electron chi connectivity index (χ3n) is 8.29. The third-order valence-corrected chi connectivity index (χ3v) is 13.4. The normalized spacial score (nSPS) is 23.0. The molecule has 9 heteroatoms. The van der Waals surface area contributed by atoms with E-state index in [1.807, 2.05) is 10.9 Å². The molecular formula is C31H38N6O2Si. The van der Waals surface area contributed by atoms with Crippen molar-refractivity contribution in [2.45, 2.75) is 70.4 Å². The molecule has 2 aliphatic heterocycles. The highest BCUT2D eigenvalue weighted by molar-refractivity contribution is 6.99. The van der Waals surface area contributed by atoms with Crippen LogP contribution in [0.1, 0.15) is 53.2 Å². The maximum absolute atomic E-state index is 7.43. The summed E-state index contributed by atoms with van der Waals surface area (Å²) in [5, 5.41) is 2.43. The molecular weight excluding hydrogens is 516 g/mol. The number of aromatic nitrogens is 4. The first-order valence-electron chi connectivity index (χ1n) is 14.2. The minimum absolute atomic E-state index is 0.0950. The van der Waals surface area contributed by atoms with Gasteiger partial charge in [0.1, 0.15) is 18.4 Å². The molecule has 4 heterocycles. The number of hydrogen-bond donors (Lipinski definition) is 0. The van der Waals surface area contributed by atoms with Crippen molar-refractivity contribution in [2.75, 3.05) is 13.6 Å². The van der Waals surface area contributed by atoms with Gasteiger partial charge in [0.2, 0.25) is 0 Å². The largest absolute Gasteiger partial charge is 0.402 e. The smallest absolute Gasteiger partial charge is 0.261 e. The number of aliphatic imine (C=N–C) groups is 1. The molecule has 0 N–H and O–H groups in total. The number of ether oxygens (including phenoxy) is 1. The fraction of sp³-hybridized carbons (Fsp3) is 0.419. The zero-order valence-corrected chi connectivity index (χ0v) is 25.0. The van der Waals surface area contributed by atoms with Crippen molar-refractivity contribution in [3.8, 4) is 0 Å². The minimum Gasteiger partial charge on any atom is -0.402 e. The van der Waals surface area contributed by atoms with E-state index >= 15 is 0 Å². The summed E-state index contributed by atoms with van der Waals surface area (Å²) in [5.74, 6) is 1.65. The minimum atomic E-state index is -2.71. The first-order chi connectivity index (χ1) is 19.3. The second-order valence-electron chi connectivity index (χ2n) is 11.9. The molecule has 3 atom stereocenters. The Balaban J connectivity index is 1.34. The van der Waals surface area contributed by atoms with Gasteiger partial charge in [0, 0.05) is 26.4 Å². The summed E-state index contributed by atoms with van der Waals surface area (Å²) in [6, 6.07) is 21.5. The Labute approximate surface area is 237 Å². The van der Waals surface area contributed by atoms with E-state index in [-0.39, 0.29) is 23.5 Å². The summed E-state index contributed by atoms with van der Waals surface area (Å²) in [6.07, 6.45) is 5.71. The van der Waals surface area contributed by atoms with Crippen LogP contribution < -0.4 is 10.4 Å². The predicted molar refractivity (Wildman–Crippen MR) is 161 cm³/mol. The molecule has 2 saturated heterocycles. The van der Waals surface area contributed by atoms with Crippen molar-refractivity contribution in [1.82, 2.24) is 24.4 Å². The summed E-state index contributed by atoms with van der Waals surface area (Å²) in [4.78, 5) is 20.8. The van der Waals surface area contributed by atoms with Gasteiger partial charge < -0.3 is 14.1 Å². The van der Waals surface area contributed by atoms with Crippen molar-refractivity contribution in [1.29, 1.82) is 0 Å². The van der Waals surface area contributed by atoms with E-state index in [2.05, 4.69) is 115 Å². The van der Waals surface area contributed by atoms with Crippen LogP contribution in [0.2, 0.25) is 5.04 Å². The highest BCUT2D eigenvalue weighted by Crippen LogP contribution is 2.41. The van der Waals surface area contributed by atoms with Crippen LogP contribution in [0.15, 0.2) is 78.3 Å². The van der Waals surface area contributed by atoms with Gasteiger partial charge in [-0.2, -0.15) is 0 Å². The maximum Gasteiger partial charge on any atom is 0.261 e. The van der Waals surface area contributed by atoms with E-state index in [0.717, 1.165) is 30.9 Å². The quantitative estimate of drug-likeness (QED) is 0.318. The molecule has 2 aromatic heterocycles. The summed E-state index contributed by atoms with van der Waals surface area (Å²) in [6.45, 7) is 10.1. The average molecular weight is 555 g/mol. The molecule has 0 unspecified atom stereocenters. The lowest BCUT2D eigenvalue weighted by Gasteiger charge is -2.45. The second-order valence-corrected chi connectivity index (χ2v) is 16.2. The standard InChI is InChI=1S/C31H38N6O2Si/c1-22-25(39-40(31(2,3)4,23-13-8-6-9-14-23)24-15-10-7-11-16-24)19-27(38-22)37-21-34-28-29(32-20-33-30(28)37)35-26-17-12-18-36(26)5/h6-11,13-16,20-22,25,27H,12,17-19H2,1-5H3/t22-,25+,27-/m1/s1. The fourth-order valence-corrected chi connectivity index (χ4v) is 11.0. The topological polar surface area (TPSA) is 77.7 Å². The predicted octanol–water partition coefficient (Wildman–Crippen LogP) is 4.83. The molecule has 0 spiro atoms. The molecule has 2 fully saturated rings. The lowest BCUT2D eigenvalue weighted by atomic mass is 10.2. The van der Waals surface area contributed by atoms with Gasteiger partial charge in [-0.05, 0) is 28.8 Å². The van der Waals surface area contributed by atoms with E-state index in [1.165, 1.54) is 10.4 Å². The highest BCUT2D eigenvalue weighted by atomic mass is 28.4. The molecule has 0 bridgehead atoms. The van der Waals surface area contributed by atoms with E-state index in [0.29, 0.717) is 17.8 Å². The van der Waals surface area contributed by atoms with Gasteiger partial charge in [0.05, 0.1) is 18.5 Å². The highest BCUT2D eigenvalue weighted by Gasteiger charge is 2.53. The van der Waals surface area contributed by atoms with Crippen LogP contribution in [-0.2, 0) is 9.16 Å². The lowest BCUT2D eigenvalue weighted by molar-refractivity contribution is -0.00381. The van der Waals surface area contributed by atoms with Crippen molar-refractivity contribution in [3.63, 3.8) is 0 Å². The number of rotatable bonds is 6. The van der Waals surface area contributed by atoms with Crippen molar-refractivity contribution in [3.05, 3.63) is 73.3 Å². The first kappa shape index (κ1) is 26.8. The van der Waals surface area contributed by atoms with E-state index < -0.39 is 8.32 Å². The zero-order chi connectivity index (χ0) is 27.9. The Morgan fingerprint density at radius 2 is 1.65 bits per heavy atom. The monoisotopic (exact) mass is 554 g/mol. The van der Waals surface area contributed by atoms with Gasteiger partial charge in [0.25, 0.3) is 8.32 Å². The van der Waals surface area contributed by atoms with Gasteiger partial charge in [-0.15, -0.1) is 0 Å². The van der Waals surface area contributed by atoms with Crippen LogP contribution in [0.5, 0.6) is 0 Å². The number of nitrogens with zero attached hydrogens (tertiary/aromatic N) is 6. The van der Waals surface area contributed by atoms with Crippen molar-refractivity contribution in [2.24, 2.45) is 4.99 Å². The Bertz CT molecular complexity index is 1460.